The molecule has 0 bridgehead atoms. The van der Waals surface area contributed by atoms with E-state index in [4.69, 9.17) is 0 Å². The number of nitrogens with one attached hydrogen (secondary N) is 2. The van der Waals surface area contributed by atoms with Gasteiger partial charge in [-0.05, 0) is 32.4 Å². The van der Waals surface area contributed by atoms with Gasteiger partial charge in [-0.15, -0.1) is 0 Å². The maximum atomic E-state index is 12.7. The third kappa shape index (κ3) is 3.35. The molecule has 2 amide bonds. The number of rotatable bonds is 5. The van der Waals surface area contributed by atoms with Gasteiger partial charge in [-0.3, -0.25) is 9.48 Å². The van der Waals surface area contributed by atoms with E-state index in [0.29, 0.717) is 12.1 Å². The summed E-state index contributed by atoms with van der Waals surface area (Å²) in [6, 6.07) is 8.70. The highest BCUT2D eigenvalue weighted by Gasteiger charge is 2.25. The number of benzene rings is 1. The molecule has 0 saturated carbocycles. The number of para-hydroxylation sites is 1. The molecule has 0 saturated heterocycles. The van der Waals surface area contributed by atoms with Gasteiger partial charge < -0.3 is 15.7 Å². The molecule has 0 aliphatic rings. The number of hydrogen-bond acceptors (Lipinski definition) is 3. The van der Waals surface area contributed by atoms with Gasteiger partial charge in [0.05, 0.1) is 23.5 Å². The molecule has 7 nitrogen and oxygen atoms in total. The van der Waals surface area contributed by atoms with Crippen LogP contribution in [0, 0.1) is 6.92 Å². The van der Waals surface area contributed by atoms with Gasteiger partial charge >= 0.3 is 6.03 Å². The molecule has 1 unspecified atom stereocenters. The molecular formula is C17H24N4O3. The number of amides is 2. The van der Waals surface area contributed by atoms with E-state index in [2.05, 4.69) is 10.6 Å². The third-order valence-electron chi connectivity index (χ3n) is 4.34. The van der Waals surface area contributed by atoms with Crippen molar-refractivity contribution >= 4 is 11.7 Å². The Hall–Kier alpha value is -2.54. The highest BCUT2D eigenvalue weighted by Crippen LogP contribution is 2.14. The zero-order chi connectivity index (χ0) is 17.9. The Morgan fingerprint density at radius 1 is 1.29 bits per heavy atom. The van der Waals surface area contributed by atoms with Crippen LogP contribution >= 0.6 is 0 Å². The zero-order valence-corrected chi connectivity index (χ0v) is 14.5. The van der Waals surface area contributed by atoms with E-state index >= 15 is 0 Å². The Kier molecular flexibility index (Phi) is 5.14. The number of hydrogen-bond donors (Lipinski definition) is 3. The van der Waals surface area contributed by atoms with E-state index in [1.807, 2.05) is 37.3 Å². The minimum atomic E-state index is -0.731. The van der Waals surface area contributed by atoms with Gasteiger partial charge in [0.2, 0.25) is 0 Å². The van der Waals surface area contributed by atoms with Crippen molar-refractivity contribution in [1.82, 2.24) is 14.7 Å². The molecule has 0 spiro atoms. The van der Waals surface area contributed by atoms with E-state index in [1.54, 1.807) is 25.6 Å². The molecule has 0 fully saturated rings. The second-order valence-electron chi connectivity index (χ2n) is 6.09. The first-order chi connectivity index (χ1) is 11.3. The summed E-state index contributed by atoms with van der Waals surface area (Å²) in [5.41, 5.74) is 0.538. The van der Waals surface area contributed by atoms with E-state index in [-0.39, 0.29) is 17.9 Å². The van der Waals surface area contributed by atoms with E-state index in [9.17, 15) is 14.7 Å². The van der Waals surface area contributed by atoms with Gasteiger partial charge in [-0.1, -0.05) is 25.1 Å². The fourth-order valence-electron chi connectivity index (χ4n) is 2.37. The van der Waals surface area contributed by atoms with Gasteiger partial charge in [0.15, 0.2) is 0 Å². The standard InChI is InChI=1S/C17H24N4O3/c1-5-17(3,11-22)19-16(24)18-14-12(2)20(4)21(15(14)23)13-9-7-6-8-10-13/h6-10,22H,5,11H2,1-4H3,(H2,18,19,24). The minimum Gasteiger partial charge on any atom is -0.394 e. The van der Waals surface area contributed by atoms with Gasteiger partial charge in [0.25, 0.3) is 5.56 Å². The van der Waals surface area contributed by atoms with Crippen LogP contribution in [0.3, 0.4) is 0 Å². The van der Waals surface area contributed by atoms with Gasteiger partial charge in [-0.2, -0.15) is 0 Å². The number of aliphatic hydroxyl groups is 1. The average Bonchev–Trinajstić information content (AvgIpc) is 2.79. The highest BCUT2D eigenvalue weighted by atomic mass is 16.3. The molecular weight excluding hydrogens is 308 g/mol. The lowest BCUT2D eigenvalue weighted by Gasteiger charge is -2.27. The summed E-state index contributed by atoms with van der Waals surface area (Å²) >= 11 is 0. The lowest BCUT2D eigenvalue weighted by Crippen LogP contribution is -2.50. The van der Waals surface area contributed by atoms with Crippen molar-refractivity contribution in [2.24, 2.45) is 7.05 Å². The molecule has 24 heavy (non-hydrogen) atoms. The molecule has 3 N–H and O–H groups in total. The maximum absolute atomic E-state index is 12.7. The summed E-state index contributed by atoms with van der Waals surface area (Å²) in [7, 11) is 1.76. The van der Waals surface area contributed by atoms with E-state index < -0.39 is 11.6 Å². The van der Waals surface area contributed by atoms with Crippen molar-refractivity contribution in [3.8, 4) is 5.69 Å². The molecule has 2 rings (SSSR count). The Morgan fingerprint density at radius 3 is 2.46 bits per heavy atom. The van der Waals surface area contributed by atoms with Crippen LogP contribution in [-0.2, 0) is 7.05 Å². The third-order valence-corrected chi connectivity index (χ3v) is 4.34. The molecule has 0 aliphatic heterocycles. The predicted octanol–water partition coefficient (Wildman–Crippen LogP) is 1.77. The average molecular weight is 332 g/mol. The Morgan fingerprint density at radius 2 is 1.92 bits per heavy atom. The first-order valence-electron chi connectivity index (χ1n) is 7.87. The monoisotopic (exact) mass is 332 g/mol. The summed E-state index contributed by atoms with van der Waals surface area (Å²) in [5, 5.41) is 14.7. The molecule has 1 heterocycles. The summed E-state index contributed by atoms with van der Waals surface area (Å²) < 4.78 is 3.19. The fraction of sp³-hybridized carbons (Fsp3) is 0.412. The number of urea groups is 1. The number of carbonyl (C=O) groups excluding carboxylic acids is 1. The number of nitrogens with zero attached hydrogens (tertiary/aromatic N) is 2. The van der Waals surface area contributed by atoms with Crippen LogP contribution in [0.25, 0.3) is 5.69 Å². The second kappa shape index (κ2) is 6.92. The smallest absolute Gasteiger partial charge is 0.319 e. The number of aromatic nitrogens is 2. The topological polar surface area (TPSA) is 88.3 Å². The highest BCUT2D eigenvalue weighted by molar-refractivity contribution is 5.90. The molecule has 1 aromatic heterocycles. The van der Waals surface area contributed by atoms with Gasteiger partial charge in [0, 0.05) is 7.05 Å². The summed E-state index contributed by atoms with van der Waals surface area (Å²) in [6.45, 7) is 5.19. The largest absolute Gasteiger partial charge is 0.394 e. The van der Waals surface area contributed by atoms with Crippen LogP contribution in [0.4, 0.5) is 10.5 Å². The SMILES string of the molecule is CCC(C)(CO)NC(=O)Nc1c(C)n(C)n(-c2ccccc2)c1=O. The van der Waals surface area contributed by atoms with Crippen LogP contribution in [0.2, 0.25) is 0 Å². The summed E-state index contributed by atoms with van der Waals surface area (Å²) in [5.74, 6) is 0. The first-order valence-corrected chi connectivity index (χ1v) is 7.87. The van der Waals surface area contributed by atoms with Crippen LogP contribution in [0.15, 0.2) is 35.1 Å². The normalized spacial score (nSPS) is 13.4. The summed E-state index contributed by atoms with van der Waals surface area (Å²) in [6.07, 6.45) is 0.568. The minimum absolute atomic E-state index is 0.182. The van der Waals surface area contributed by atoms with Crippen molar-refractivity contribution in [2.45, 2.75) is 32.7 Å². The van der Waals surface area contributed by atoms with Crippen molar-refractivity contribution in [3.63, 3.8) is 0 Å². The van der Waals surface area contributed by atoms with Crippen molar-refractivity contribution in [3.05, 3.63) is 46.4 Å². The summed E-state index contributed by atoms with van der Waals surface area (Å²) in [4.78, 5) is 24.9. The Labute approximate surface area is 140 Å². The van der Waals surface area contributed by atoms with Crippen LogP contribution < -0.4 is 16.2 Å². The van der Waals surface area contributed by atoms with E-state index in [0.717, 1.165) is 5.69 Å². The second-order valence-corrected chi connectivity index (χ2v) is 6.09. The lowest BCUT2D eigenvalue weighted by atomic mass is 10.0. The van der Waals surface area contributed by atoms with Crippen LogP contribution in [0.1, 0.15) is 26.0 Å². The van der Waals surface area contributed by atoms with Crippen molar-refractivity contribution in [1.29, 1.82) is 0 Å². The van der Waals surface area contributed by atoms with Crippen molar-refractivity contribution in [2.75, 3.05) is 11.9 Å². The molecule has 2 aromatic rings. The lowest BCUT2D eigenvalue weighted by molar-refractivity contribution is 0.172. The maximum Gasteiger partial charge on any atom is 0.319 e. The molecule has 1 aromatic carbocycles. The van der Waals surface area contributed by atoms with Crippen LogP contribution in [0.5, 0.6) is 0 Å². The number of anilines is 1. The Bertz CT molecular complexity index is 773. The Balaban J connectivity index is 2.33. The quantitative estimate of drug-likeness (QED) is 0.779. The van der Waals surface area contributed by atoms with Crippen LogP contribution in [-0.4, -0.2) is 32.6 Å². The number of carbonyl (C=O) groups is 1. The molecule has 1 atom stereocenters. The molecule has 130 valence electrons. The first kappa shape index (κ1) is 17.8. The molecule has 7 heteroatoms. The number of aliphatic hydroxyl groups excluding tert-OH is 1. The van der Waals surface area contributed by atoms with Crippen molar-refractivity contribution < 1.29 is 9.90 Å². The zero-order valence-electron chi connectivity index (χ0n) is 14.5. The molecule has 0 radical (unpaired) electrons. The molecule has 0 aliphatic carbocycles. The van der Waals surface area contributed by atoms with Gasteiger partial charge in [0.1, 0.15) is 5.69 Å². The van der Waals surface area contributed by atoms with E-state index in [1.165, 1.54) is 4.68 Å². The predicted molar refractivity (Wildman–Crippen MR) is 93.7 cm³/mol. The fourth-order valence-corrected chi connectivity index (χ4v) is 2.37. The van der Waals surface area contributed by atoms with Gasteiger partial charge in [-0.25, -0.2) is 9.48 Å².